The van der Waals surface area contributed by atoms with Gasteiger partial charge in [0.1, 0.15) is 10.6 Å². The summed E-state index contributed by atoms with van der Waals surface area (Å²) in [5, 5.41) is 3.58. The largest absolute Gasteiger partial charge is 0.456 e. The number of amides is 2. The van der Waals surface area contributed by atoms with E-state index in [0.29, 0.717) is 36.9 Å². The van der Waals surface area contributed by atoms with Gasteiger partial charge in [-0.3, -0.25) is 10.2 Å². The van der Waals surface area contributed by atoms with E-state index in [-0.39, 0.29) is 12.0 Å². The molecule has 4 rings (SSSR count). The summed E-state index contributed by atoms with van der Waals surface area (Å²) < 4.78 is 11.1. The second kappa shape index (κ2) is 9.60. The number of benzene rings is 1. The third-order valence-corrected chi connectivity index (χ3v) is 6.64. The van der Waals surface area contributed by atoms with Gasteiger partial charge in [0.25, 0.3) is 0 Å². The van der Waals surface area contributed by atoms with Gasteiger partial charge in [-0.05, 0) is 38.3 Å². The summed E-state index contributed by atoms with van der Waals surface area (Å²) in [4.78, 5) is 31.2. The first-order valence-corrected chi connectivity index (χ1v) is 11.9. The zero-order chi connectivity index (χ0) is 22.7. The van der Waals surface area contributed by atoms with E-state index in [1.54, 1.807) is 4.90 Å². The number of carbonyl (C=O) groups excluding carboxylic acids is 2. The molecule has 32 heavy (non-hydrogen) atoms. The fraction of sp³-hybridized carbons (Fsp3) is 0.500. The first-order chi connectivity index (χ1) is 15.3. The minimum atomic E-state index is -0.606. The normalized spacial score (nSPS) is 17.0. The predicted octanol–water partition coefficient (Wildman–Crippen LogP) is 4.13. The Balaban J connectivity index is 1.57. The maximum Gasteiger partial charge on any atom is 0.341 e. The number of nitrogens with zero attached hydrogens (tertiary/aromatic N) is 2. The third-order valence-electron chi connectivity index (χ3n) is 5.51. The molecule has 0 atom stereocenters. The average Bonchev–Trinajstić information content (AvgIpc) is 3.11. The third kappa shape index (κ3) is 5.49. The number of ether oxygens (including phenoxy) is 2. The molecule has 1 aromatic carbocycles. The maximum absolute atomic E-state index is 13.1. The molecule has 0 radical (unpaired) electrons. The molecule has 0 spiro atoms. The van der Waals surface area contributed by atoms with Crippen molar-refractivity contribution in [2.75, 3.05) is 38.2 Å². The molecule has 172 valence electrons. The molecule has 0 aliphatic carbocycles. The Morgan fingerprint density at radius 1 is 1.12 bits per heavy atom. The molecular formula is C24H31N3O4S. The zero-order valence-electron chi connectivity index (χ0n) is 19.0. The number of nitrogens with one attached hydrogen (secondary N) is 1. The van der Waals surface area contributed by atoms with Gasteiger partial charge in [-0.1, -0.05) is 30.3 Å². The summed E-state index contributed by atoms with van der Waals surface area (Å²) in [6, 6.07) is 10.2. The molecule has 0 unspecified atom stereocenters. The first-order valence-electron chi connectivity index (χ1n) is 11.1. The Kier molecular flexibility index (Phi) is 6.83. The van der Waals surface area contributed by atoms with Crippen molar-refractivity contribution >= 4 is 28.3 Å². The summed E-state index contributed by atoms with van der Waals surface area (Å²) in [5.41, 5.74) is 2.18. The molecule has 1 aromatic heterocycles. The van der Waals surface area contributed by atoms with E-state index in [2.05, 4.69) is 34.5 Å². The number of fused-ring (bicyclic) bond motifs is 1. The lowest BCUT2D eigenvalue weighted by molar-refractivity contribution is 0.00694. The predicted molar refractivity (Wildman–Crippen MR) is 125 cm³/mol. The Hall–Kier alpha value is -2.42. The second-order valence-electron chi connectivity index (χ2n) is 9.19. The van der Waals surface area contributed by atoms with Crippen LogP contribution in [-0.2, 0) is 29.0 Å². The summed E-state index contributed by atoms with van der Waals surface area (Å²) >= 11 is 1.49. The fourth-order valence-corrected chi connectivity index (χ4v) is 5.28. The Morgan fingerprint density at radius 2 is 1.84 bits per heavy atom. The highest BCUT2D eigenvalue weighted by Crippen LogP contribution is 2.38. The van der Waals surface area contributed by atoms with Gasteiger partial charge >= 0.3 is 12.0 Å². The van der Waals surface area contributed by atoms with Crippen LogP contribution in [0.25, 0.3) is 0 Å². The number of morpholine rings is 1. The molecular weight excluding hydrogens is 426 g/mol. The Labute approximate surface area is 193 Å². The minimum Gasteiger partial charge on any atom is -0.456 e. The van der Waals surface area contributed by atoms with Crippen LogP contribution in [0.4, 0.5) is 9.80 Å². The van der Waals surface area contributed by atoms with Crippen molar-refractivity contribution < 1.29 is 19.1 Å². The number of urea groups is 1. The summed E-state index contributed by atoms with van der Waals surface area (Å²) in [6.45, 7) is 10.2. The molecule has 1 fully saturated rings. The SMILES string of the molecule is CC(C)(C)OC(=O)c1c(NC(=O)N2CCOCC2)sc2c1CCN(Cc1ccccc1)C2. The zero-order valence-corrected chi connectivity index (χ0v) is 19.8. The first kappa shape index (κ1) is 22.8. The van der Waals surface area contributed by atoms with Crippen LogP contribution in [0.15, 0.2) is 30.3 Å². The van der Waals surface area contributed by atoms with E-state index in [1.165, 1.54) is 16.9 Å². The lowest BCUT2D eigenvalue weighted by Crippen LogP contribution is -2.43. The maximum atomic E-state index is 13.1. The van der Waals surface area contributed by atoms with Gasteiger partial charge in [-0.2, -0.15) is 0 Å². The van der Waals surface area contributed by atoms with Crippen molar-refractivity contribution in [2.45, 2.75) is 45.9 Å². The highest BCUT2D eigenvalue weighted by atomic mass is 32.1. The van der Waals surface area contributed by atoms with E-state index in [4.69, 9.17) is 9.47 Å². The highest BCUT2D eigenvalue weighted by Gasteiger charge is 2.32. The van der Waals surface area contributed by atoms with E-state index in [9.17, 15) is 9.59 Å². The monoisotopic (exact) mass is 457 g/mol. The molecule has 2 amide bonds. The molecule has 1 N–H and O–H groups in total. The van der Waals surface area contributed by atoms with Crippen LogP contribution in [0.3, 0.4) is 0 Å². The minimum absolute atomic E-state index is 0.196. The van der Waals surface area contributed by atoms with E-state index in [1.807, 2.05) is 26.8 Å². The number of esters is 1. The van der Waals surface area contributed by atoms with Gasteiger partial charge < -0.3 is 14.4 Å². The Bertz CT molecular complexity index is 962. The molecule has 2 aromatic rings. The van der Waals surface area contributed by atoms with E-state index >= 15 is 0 Å². The van der Waals surface area contributed by atoms with Crippen molar-refractivity contribution in [3.8, 4) is 0 Å². The van der Waals surface area contributed by atoms with Crippen LogP contribution >= 0.6 is 11.3 Å². The van der Waals surface area contributed by atoms with E-state index in [0.717, 1.165) is 36.5 Å². The van der Waals surface area contributed by atoms with Crippen molar-refractivity contribution in [1.82, 2.24) is 9.80 Å². The molecule has 7 nitrogen and oxygen atoms in total. The van der Waals surface area contributed by atoms with Crippen LogP contribution in [0.5, 0.6) is 0 Å². The van der Waals surface area contributed by atoms with Crippen molar-refractivity contribution in [3.05, 3.63) is 51.9 Å². The number of rotatable bonds is 4. The molecule has 2 aliphatic heterocycles. The molecule has 1 saturated heterocycles. The van der Waals surface area contributed by atoms with Crippen molar-refractivity contribution in [3.63, 3.8) is 0 Å². The smallest absolute Gasteiger partial charge is 0.341 e. The molecule has 8 heteroatoms. The van der Waals surface area contributed by atoms with Crippen molar-refractivity contribution in [1.29, 1.82) is 0 Å². The van der Waals surface area contributed by atoms with Gasteiger partial charge in [0.2, 0.25) is 0 Å². The topological polar surface area (TPSA) is 71.1 Å². The second-order valence-corrected chi connectivity index (χ2v) is 10.3. The fourth-order valence-electron chi connectivity index (χ4n) is 4.01. The van der Waals surface area contributed by atoms with Crippen LogP contribution in [0, 0.1) is 0 Å². The number of thiophene rings is 1. The number of carbonyl (C=O) groups is 2. The molecule has 0 bridgehead atoms. The molecule has 3 heterocycles. The quantitative estimate of drug-likeness (QED) is 0.699. The van der Waals surface area contributed by atoms with Crippen molar-refractivity contribution in [2.24, 2.45) is 0 Å². The number of hydrogen-bond donors (Lipinski definition) is 1. The standard InChI is InChI=1S/C24H31N3O4S/c1-24(2,3)31-22(28)20-18-9-10-26(15-17-7-5-4-6-8-17)16-19(18)32-21(20)25-23(29)27-11-13-30-14-12-27/h4-8H,9-16H2,1-3H3,(H,25,29). The van der Waals surface area contributed by atoms with E-state index < -0.39 is 5.60 Å². The van der Waals surface area contributed by atoms with Gasteiger partial charge in [0, 0.05) is 37.6 Å². The lowest BCUT2D eigenvalue weighted by atomic mass is 10.0. The lowest BCUT2D eigenvalue weighted by Gasteiger charge is -2.27. The van der Waals surface area contributed by atoms with Gasteiger partial charge in [-0.25, -0.2) is 9.59 Å². The summed E-state index contributed by atoms with van der Waals surface area (Å²) in [7, 11) is 0. The number of anilines is 1. The van der Waals surface area contributed by atoms with Crippen LogP contribution in [0.2, 0.25) is 0 Å². The molecule has 2 aliphatic rings. The summed E-state index contributed by atoms with van der Waals surface area (Å²) in [5.74, 6) is -0.371. The van der Waals surface area contributed by atoms with Crippen LogP contribution in [-0.4, -0.2) is 60.2 Å². The van der Waals surface area contributed by atoms with Crippen LogP contribution < -0.4 is 5.32 Å². The average molecular weight is 458 g/mol. The highest BCUT2D eigenvalue weighted by molar-refractivity contribution is 7.17. The van der Waals surface area contributed by atoms with Crippen LogP contribution in [0.1, 0.15) is 47.1 Å². The Morgan fingerprint density at radius 3 is 2.53 bits per heavy atom. The van der Waals surface area contributed by atoms with Gasteiger partial charge in [0.05, 0.1) is 18.8 Å². The van der Waals surface area contributed by atoms with Gasteiger partial charge in [0.15, 0.2) is 0 Å². The molecule has 0 saturated carbocycles. The number of hydrogen-bond acceptors (Lipinski definition) is 6. The van der Waals surface area contributed by atoms with Gasteiger partial charge in [-0.15, -0.1) is 11.3 Å². The summed E-state index contributed by atoms with van der Waals surface area (Å²) in [6.07, 6.45) is 0.751.